The third kappa shape index (κ3) is 2.43. The lowest BCUT2D eigenvalue weighted by atomic mass is 10.3. The van der Waals surface area contributed by atoms with Gasteiger partial charge in [-0.15, -0.1) is 11.3 Å². The Bertz CT molecular complexity index is 674. The third-order valence-electron chi connectivity index (χ3n) is 2.77. The molecule has 19 heavy (non-hydrogen) atoms. The number of hydrogen-bond donors (Lipinski definition) is 0. The van der Waals surface area contributed by atoms with Gasteiger partial charge in [-0.2, -0.15) is 5.10 Å². The van der Waals surface area contributed by atoms with Crippen LogP contribution in [0, 0.1) is 0 Å². The summed E-state index contributed by atoms with van der Waals surface area (Å²) in [5, 5.41) is 6.56. The summed E-state index contributed by atoms with van der Waals surface area (Å²) in [6.07, 6.45) is 0. The number of methoxy groups -OCH3 is 1. The quantitative estimate of drug-likeness (QED) is 0.711. The van der Waals surface area contributed by atoms with Gasteiger partial charge in [-0.1, -0.05) is 6.07 Å². The van der Waals surface area contributed by atoms with Crippen LogP contribution in [0.5, 0.6) is 5.75 Å². The molecule has 0 fully saturated rings. The van der Waals surface area contributed by atoms with Gasteiger partial charge < -0.3 is 4.74 Å². The first kappa shape index (κ1) is 12.4. The molecule has 0 bridgehead atoms. The van der Waals surface area contributed by atoms with E-state index in [1.165, 1.54) is 4.88 Å². The minimum absolute atomic E-state index is 0.826. The highest BCUT2D eigenvalue weighted by atomic mass is 79.9. The molecule has 0 N–H and O–H groups in total. The molecule has 0 saturated heterocycles. The Morgan fingerprint density at radius 1 is 1.21 bits per heavy atom. The van der Waals surface area contributed by atoms with E-state index in [9.17, 15) is 0 Å². The fourth-order valence-electron chi connectivity index (χ4n) is 1.87. The lowest BCUT2D eigenvalue weighted by Crippen LogP contribution is -1.98. The van der Waals surface area contributed by atoms with Crippen molar-refractivity contribution in [3.63, 3.8) is 0 Å². The zero-order chi connectivity index (χ0) is 13.2. The van der Waals surface area contributed by atoms with Gasteiger partial charge in [0.25, 0.3) is 0 Å². The lowest BCUT2D eigenvalue weighted by Gasteiger charge is -2.07. The van der Waals surface area contributed by atoms with E-state index in [1.54, 1.807) is 18.4 Å². The average Bonchev–Trinajstić information content (AvgIpc) is 3.07. The largest absolute Gasteiger partial charge is 0.497 e. The maximum atomic E-state index is 5.18. The smallest absolute Gasteiger partial charge is 0.129 e. The summed E-state index contributed by atoms with van der Waals surface area (Å²) in [4.78, 5) is 1.19. The molecule has 3 rings (SSSR count). The summed E-state index contributed by atoms with van der Waals surface area (Å²) in [7, 11) is 1.66. The van der Waals surface area contributed by atoms with Crippen molar-refractivity contribution in [1.82, 2.24) is 9.78 Å². The minimum atomic E-state index is 0.826. The van der Waals surface area contributed by atoms with Crippen LogP contribution in [0.15, 0.2) is 52.4 Å². The van der Waals surface area contributed by atoms with Crippen molar-refractivity contribution in [1.29, 1.82) is 0 Å². The van der Waals surface area contributed by atoms with Crippen LogP contribution in [0.4, 0.5) is 0 Å². The zero-order valence-electron chi connectivity index (χ0n) is 10.2. The van der Waals surface area contributed by atoms with E-state index in [1.807, 2.05) is 41.1 Å². The first-order valence-electron chi connectivity index (χ1n) is 5.72. The molecule has 0 saturated carbocycles. The van der Waals surface area contributed by atoms with Gasteiger partial charge in [0.15, 0.2) is 0 Å². The van der Waals surface area contributed by atoms with Crippen molar-refractivity contribution >= 4 is 27.3 Å². The van der Waals surface area contributed by atoms with Gasteiger partial charge in [-0.05, 0) is 57.7 Å². The first-order valence-corrected chi connectivity index (χ1v) is 7.39. The van der Waals surface area contributed by atoms with Crippen LogP contribution in [0.1, 0.15) is 0 Å². The summed E-state index contributed by atoms with van der Waals surface area (Å²) in [5.41, 5.74) is 2.09. The van der Waals surface area contributed by atoms with E-state index >= 15 is 0 Å². The number of halogens is 1. The molecule has 1 aromatic carbocycles. The molecule has 2 heterocycles. The van der Waals surface area contributed by atoms with Crippen LogP contribution in [0.2, 0.25) is 0 Å². The van der Waals surface area contributed by atoms with Crippen LogP contribution >= 0.6 is 27.3 Å². The summed E-state index contributed by atoms with van der Waals surface area (Å²) in [6.45, 7) is 0. The van der Waals surface area contributed by atoms with Gasteiger partial charge >= 0.3 is 0 Å². The molecule has 0 aliphatic rings. The Morgan fingerprint density at radius 2 is 2.00 bits per heavy atom. The SMILES string of the molecule is COc1ccc(-n2nc(Br)cc2-c2cccs2)cc1. The van der Waals surface area contributed by atoms with Gasteiger partial charge in [0.05, 0.1) is 23.4 Å². The monoisotopic (exact) mass is 334 g/mol. The second-order valence-electron chi connectivity index (χ2n) is 3.94. The molecule has 0 unspecified atom stereocenters. The Balaban J connectivity index is 2.09. The molecular formula is C14H11BrN2OS. The van der Waals surface area contributed by atoms with E-state index in [0.717, 1.165) is 21.7 Å². The highest BCUT2D eigenvalue weighted by Gasteiger charge is 2.11. The molecule has 0 aliphatic carbocycles. The lowest BCUT2D eigenvalue weighted by molar-refractivity contribution is 0.414. The van der Waals surface area contributed by atoms with Crippen LogP contribution in [-0.4, -0.2) is 16.9 Å². The van der Waals surface area contributed by atoms with E-state index in [2.05, 4.69) is 32.5 Å². The Labute approximate surface area is 123 Å². The number of hydrogen-bond acceptors (Lipinski definition) is 3. The Hall–Kier alpha value is -1.59. The summed E-state index contributed by atoms with van der Waals surface area (Å²) in [6, 6.07) is 14.0. The maximum Gasteiger partial charge on any atom is 0.129 e. The molecular weight excluding hydrogens is 324 g/mol. The van der Waals surface area contributed by atoms with Crippen molar-refractivity contribution in [3.05, 3.63) is 52.4 Å². The van der Waals surface area contributed by atoms with Gasteiger partial charge in [0, 0.05) is 0 Å². The van der Waals surface area contributed by atoms with Crippen molar-refractivity contribution in [2.24, 2.45) is 0 Å². The van der Waals surface area contributed by atoms with Gasteiger partial charge in [-0.25, -0.2) is 4.68 Å². The van der Waals surface area contributed by atoms with Crippen LogP contribution in [0.3, 0.4) is 0 Å². The minimum Gasteiger partial charge on any atom is -0.497 e. The predicted molar refractivity (Wildman–Crippen MR) is 81.1 cm³/mol. The second-order valence-corrected chi connectivity index (χ2v) is 5.70. The molecule has 2 aromatic heterocycles. The molecule has 0 radical (unpaired) electrons. The van der Waals surface area contributed by atoms with Crippen molar-refractivity contribution in [2.45, 2.75) is 0 Å². The predicted octanol–water partition coefficient (Wildman–Crippen LogP) is 4.37. The molecule has 3 nitrogen and oxygen atoms in total. The normalized spacial score (nSPS) is 10.6. The zero-order valence-corrected chi connectivity index (χ0v) is 12.6. The number of aromatic nitrogens is 2. The maximum absolute atomic E-state index is 5.18. The van der Waals surface area contributed by atoms with Gasteiger partial charge in [-0.3, -0.25) is 0 Å². The van der Waals surface area contributed by atoms with E-state index in [0.29, 0.717) is 0 Å². The molecule has 0 spiro atoms. The fraction of sp³-hybridized carbons (Fsp3) is 0.0714. The summed E-state index contributed by atoms with van der Waals surface area (Å²) >= 11 is 5.14. The molecule has 96 valence electrons. The third-order valence-corrected chi connectivity index (χ3v) is 4.05. The van der Waals surface area contributed by atoms with Crippen molar-refractivity contribution in [3.8, 4) is 22.0 Å². The van der Waals surface area contributed by atoms with E-state index in [-0.39, 0.29) is 0 Å². The number of ether oxygens (including phenoxy) is 1. The Morgan fingerprint density at radius 3 is 2.63 bits per heavy atom. The number of rotatable bonds is 3. The van der Waals surface area contributed by atoms with Gasteiger partial charge in [0.2, 0.25) is 0 Å². The first-order chi connectivity index (χ1) is 9.28. The molecule has 0 amide bonds. The van der Waals surface area contributed by atoms with Crippen molar-refractivity contribution in [2.75, 3.05) is 7.11 Å². The second kappa shape index (κ2) is 5.19. The van der Waals surface area contributed by atoms with Crippen molar-refractivity contribution < 1.29 is 4.74 Å². The molecule has 0 atom stereocenters. The highest BCUT2D eigenvalue weighted by molar-refractivity contribution is 9.10. The number of benzene rings is 1. The average molecular weight is 335 g/mol. The Kier molecular flexibility index (Phi) is 3.40. The standard InChI is InChI=1S/C14H11BrN2OS/c1-18-11-6-4-10(5-7-11)17-12(9-14(15)16-17)13-3-2-8-19-13/h2-9H,1H3. The van der Waals surface area contributed by atoms with Crippen LogP contribution in [-0.2, 0) is 0 Å². The molecule has 3 aromatic rings. The summed E-state index contributed by atoms with van der Waals surface area (Å²) in [5.74, 6) is 0.840. The number of thiophene rings is 1. The fourth-order valence-corrected chi connectivity index (χ4v) is 2.97. The van der Waals surface area contributed by atoms with Gasteiger partial charge in [0.1, 0.15) is 10.4 Å². The summed E-state index contributed by atoms with van der Waals surface area (Å²) < 4.78 is 7.93. The number of nitrogens with zero attached hydrogens (tertiary/aromatic N) is 2. The van der Waals surface area contributed by atoms with E-state index < -0.39 is 0 Å². The van der Waals surface area contributed by atoms with E-state index in [4.69, 9.17) is 4.74 Å². The molecule has 5 heteroatoms. The van der Waals surface area contributed by atoms with Crippen LogP contribution < -0.4 is 4.74 Å². The molecule has 0 aliphatic heterocycles. The van der Waals surface area contributed by atoms with Crippen LogP contribution in [0.25, 0.3) is 16.3 Å². The topological polar surface area (TPSA) is 27.1 Å². The highest BCUT2D eigenvalue weighted by Crippen LogP contribution is 2.29.